The summed E-state index contributed by atoms with van der Waals surface area (Å²) < 4.78 is 5.01. The second-order valence-corrected chi connectivity index (χ2v) is 5.54. The molecule has 2 rings (SSSR count). The minimum atomic E-state index is 0.0492. The lowest BCUT2D eigenvalue weighted by molar-refractivity contribution is -0.134. The molecule has 0 saturated carbocycles. The Hall–Kier alpha value is -1.26. The number of likely N-dealkylation sites (N-methyl/N-ethyl adjacent to an activating group) is 1. The van der Waals surface area contributed by atoms with Crippen LogP contribution in [0.1, 0.15) is 6.42 Å². The maximum atomic E-state index is 12.3. The van der Waals surface area contributed by atoms with Gasteiger partial charge in [0.1, 0.15) is 0 Å². The summed E-state index contributed by atoms with van der Waals surface area (Å²) in [4.78, 5) is 16.3. The highest BCUT2D eigenvalue weighted by atomic mass is 35.5. The van der Waals surface area contributed by atoms with Crippen LogP contribution < -0.4 is 4.90 Å². The Balaban J connectivity index is 1.95. The summed E-state index contributed by atoms with van der Waals surface area (Å²) in [5, 5.41) is 0.744. The molecule has 1 heterocycles. The number of rotatable bonds is 5. The van der Waals surface area contributed by atoms with Gasteiger partial charge in [0.2, 0.25) is 5.91 Å². The van der Waals surface area contributed by atoms with Crippen molar-refractivity contribution in [2.24, 2.45) is 5.92 Å². The number of amides is 1. The smallest absolute Gasteiger partial charge is 0.227 e. The zero-order valence-corrected chi connectivity index (χ0v) is 12.8. The molecule has 0 aromatic heterocycles. The molecule has 0 N–H and O–H groups in total. The molecule has 20 heavy (non-hydrogen) atoms. The normalized spacial score (nSPS) is 18.4. The molecule has 5 heteroatoms. The third-order valence-corrected chi connectivity index (χ3v) is 4.06. The third kappa shape index (κ3) is 3.44. The Morgan fingerprint density at radius 2 is 2.25 bits per heavy atom. The second kappa shape index (κ2) is 6.95. The molecule has 4 nitrogen and oxygen atoms in total. The summed E-state index contributed by atoms with van der Waals surface area (Å²) in [5.74, 6) is 0.240. The fourth-order valence-electron chi connectivity index (χ4n) is 2.54. The molecular weight excluding hydrogens is 276 g/mol. The SMILES string of the molecule is COCCN(C)C(=O)C1CCN(c2ccccc2Cl)C1. The van der Waals surface area contributed by atoms with E-state index in [4.69, 9.17) is 16.3 Å². The Labute approximate surface area is 125 Å². The first-order valence-electron chi connectivity index (χ1n) is 6.87. The van der Waals surface area contributed by atoms with Gasteiger partial charge in [0.15, 0.2) is 0 Å². The van der Waals surface area contributed by atoms with E-state index in [9.17, 15) is 4.79 Å². The van der Waals surface area contributed by atoms with Crippen molar-refractivity contribution < 1.29 is 9.53 Å². The van der Waals surface area contributed by atoms with E-state index in [-0.39, 0.29) is 11.8 Å². The van der Waals surface area contributed by atoms with Gasteiger partial charge < -0.3 is 14.5 Å². The number of methoxy groups -OCH3 is 1. The average Bonchev–Trinajstić information content (AvgIpc) is 2.94. The Morgan fingerprint density at radius 1 is 1.50 bits per heavy atom. The molecule has 1 atom stereocenters. The zero-order chi connectivity index (χ0) is 14.5. The predicted octanol–water partition coefficient (Wildman–Crippen LogP) is 2.27. The van der Waals surface area contributed by atoms with Gasteiger partial charge in [-0.15, -0.1) is 0 Å². The monoisotopic (exact) mass is 296 g/mol. The van der Waals surface area contributed by atoms with Crippen LogP contribution in [0.5, 0.6) is 0 Å². The molecule has 0 aliphatic carbocycles. The van der Waals surface area contributed by atoms with Crippen molar-refractivity contribution in [3.05, 3.63) is 29.3 Å². The first kappa shape index (κ1) is 15.1. The topological polar surface area (TPSA) is 32.8 Å². The van der Waals surface area contributed by atoms with Crippen LogP contribution in [-0.4, -0.2) is 51.2 Å². The molecule has 1 saturated heterocycles. The van der Waals surface area contributed by atoms with Gasteiger partial charge in [-0.05, 0) is 18.6 Å². The van der Waals surface area contributed by atoms with Gasteiger partial charge in [0.05, 0.1) is 23.2 Å². The second-order valence-electron chi connectivity index (χ2n) is 5.14. The molecule has 1 aliphatic heterocycles. The molecule has 1 amide bonds. The van der Waals surface area contributed by atoms with Crippen LogP contribution in [0.4, 0.5) is 5.69 Å². The number of anilines is 1. The van der Waals surface area contributed by atoms with E-state index in [0.29, 0.717) is 13.2 Å². The van der Waals surface area contributed by atoms with Crippen LogP contribution >= 0.6 is 11.6 Å². The number of hydrogen-bond donors (Lipinski definition) is 0. The summed E-state index contributed by atoms with van der Waals surface area (Å²) in [6, 6.07) is 7.78. The van der Waals surface area contributed by atoms with Gasteiger partial charge in [0.25, 0.3) is 0 Å². The minimum Gasteiger partial charge on any atom is -0.383 e. The van der Waals surface area contributed by atoms with Gasteiger partial charge in [-0.1, -0.05) is 23.7 Å². The first-order chi connectivity index (χ1) is 9.63. The predicted molar refractivity (Wildman–Crippen MR) is 81.3 cm³/mol. The van der Waals surface area contributed by atoms with Crippen molar-refractivity contribution >= 4 is 23.2 Å². The number of benzene rings is 1. The maximum Gasteiger partial charge on any atom is 0.227 e. The Bertz CT molecular complexity index is 467. The maximum absolute atomic E-state index is 12.3. The van der Waals surface area contributed by atoms with Gasteiger partial charge >= 0.3 is 0 Å². The van der Waals surface area contributed by atoms with E-state index < -0.39 is 0 Å². The Morgan fingerprint density at radius 3 is 2.95 bits per heavy atom. The molecule has 1 fully saturated rings. The van der Waals surface area contributed by atoms with Crippen LogP contribution in [0.3, 0.4) is 0 Å². The lowest BCUT2D eigenvalue weighted by Gasteiger charge is -2.22. The van der Waals surface area contributed by atoms with Gasteiger partial charge in [-0.3, -0.25) is 4.79 Å². The lowest BCUT2D eigenvalue weighted by Crippen LogP contribution is -2.36. The van der Waals surface area contributed by atoms with Crippen molar-refractivity contribution in [3.63, 3.8) is 0 Å². The van der Waals surface area contributed by atoms with Crippen LogP contribution in [-0.2, 0) is 9.53 Å². The minimum absolute atomic E-state index is 0.0492. The number of ether oxygens (including phenoxy) is 1. The fraction of sp³-hybridized carbons (Fsp3) is 0.533. The number of carbonyl (C=O) groups is 1. The van der Waals surface area contributed by atoms with E-state index in [1.165, 1.54) is 0 Å². The zero-order valence-electron chi connectivity index (χ0n) is 12.0. The highest BCUT2D eigenvalue weighted by Gasteiger charge is 2.30. The fourth-order valence-corrected chi connectivity index (χ4v) is 2.79. The lowest BCUT2D eigenvalue weighted by atomic mass is 10.1. The molecule has 1 aliphatic rings. The first-order valence-corrected chi connectivity index (χ1v) is 7.24. The van der Waals surface area contributed by atoms with Crippen LogP contribution in [0.2, 0.25) is 5.02 Å². The van der Waals surface area contributed by atoms with E-state index in [1.54, 1.807) is 12.0 Å². The van der Waals surface area contributed by atoms with Crippen molar-refractivity contribution in [1.29, 1.82) is 0 Å². The molecule has 110 valence electrons. The number of hydrogen-bond acceptors (Lipinski definition) is 3. The number of para-hydroxylation sites is 1. The van der Waals surface area contributed by atoms with E-state index in [0.717, 1.165) is 30.2 Å². The number of nitrogens with zero attached hydrogens (tertiary/aromatic N) is 2. The summed E-state index contributed by atoms with van der Waals surface area (Å²) in [7, 11) is 3.48. The molecule has 1 aromatic rings. The van der Waals surface area contributed by atoms with Crippen LogP contribution in [0.15, 0.2) is 24.3 Å². The summed E-state index contributed by atoms with van der Waals surface area (Å²) in [5.41, 5.74) is 1.02. The van der Waals surface area contributed by atoms with E-state index in [1.807, 2.05) is 31.3 Å². The van der Waals surface area contributed by atoms with Gasteiger partial charge in [-0.2, -0.15) is 0 Å². The summed E-state index contributed by atoms with van der Waals surface area (Å²) in [6.45, 7) is 2.82. The van der Waals surface area contributed by atoms with Gasteiger partial charge in [0, 0.05) is 33.8 Å². The standard InChI is InChI=1S/C15H21ClN2O2/c1-17(9-10-20-2)15(19)12-7-8-18(11-12)14-6-4-3-5-13(14)16/h3-6,12H,7-11H2,1-2H3. The quantitative estimate of drug-likeness (QED) is 0.836. The molecule has 1 aromatic carbocycles. The number of carbonyl (C=O) groups excluding carboxylic acids is 1. The largest absolute Gasteiger partial charge is 0.383 e. The highest BCUT2D eigenvalue weighted by molar-refractivity contribution is 6.33. The van der Waals surface area contributed by atoms with Crippen LogP contribution in [0, 0.1) is 5.92 Å². The van der Waals surface area contributed by atoms with E-state index >= 15 is 0 Å². The van der Waals surface area contributed by atoms with Crippen molar-refractivity contribution in [1.82, 2.24) is 4.90 Å². The summed E-state index contributed by atoms with van der Waals surface area (Å²) in [6.07, 6.45) is 0.876. The number of halogens is 1. The molecule has 0 bridgehead atoms. The van der Waals surface area contributed by atoms with Gasteiger partial charge in [-0.25, -0.2) is 0 Å². The van der Waals surface area contributed by atoms with E-state index in [2.05, 4.69) is 4.90 Å². The molecule has 0 radical (unpaired) electrons. The van der Waals surface area contributed by atoms with Crippen molar-refractivity contribution in [2.45, 2.75) is 6.42 Å². The average molecular weight is 297 g/mol. The Kier molecular flexibility index (Phi) is 5.26. The molecule has 1 unspecified atom stereocenters. The van der Waals surface area contributed by atoms with Crippen molar-refractivity contribution in [3.8, 4) is 0 Å². The molecular formula is C15H21ClN2O2. The third-order valence-electron chi connectivity index (χ3n) is 3.74. The highest BCUT2D eigenvalue weighted by Crippen LogP contribution is 2.30. The molecule has 0 spiro atoms. The summed E-state index contributed by atoms with van der Waals surface area (Å²) >= 11 is 6.21. The van der Waals surface area contributed by atoms with Crippen LogP contribution in [0.25, 0.3) is 0 Å². The van der Waals surface area contributed by atoms with Crippen molar-refractivity contribution in [2.75, 3.05) is 45.3 Å².